The van der Waals surface area contributed by atoms with Crippen molar-refractivity contribution in [3.8, 4) is 5.75 Å². The topological polar surface area (TPSA) is 74.9 Å². The summed E-state index contributed by atoms with van der Waals surface area (Å²) in [4.78, 5) is 18.1. The summed E-state index contributed by atoms with van der Waals surface area (Å²) >= 11 is 1.17. The van der Waals surface area contributed by atoms with Crippen molar-refractivity contribution in [2.45, 2.75) is 18.7 Å². The van der Waals surface area contributed by atoms with Crippen LogP contribution in [0.3, 0.4) is 0 Å². The van der Waals surface area contributed by atoms with Gasteiger partial charge in [0.05, 0.1) is 16.9 Å². The second-order valence-corrected chi connectivity index (χ2v) is 7.94. The molecular weight excluding hydrogens is 394 g/mol. The van der Waals surface area contributed by atoms with Crippen LogP contribution in [0.1, 0.15) is 21.5 Å². The second-order valence-electron chi connectivity index (χ2n) is 6.90. The molecule has 0 fully saturated rings. The van der Waals surface area contributed by atoms with Crippen molar-refractivity contribution < 1.29 is 9.90 Å². The fourth-order valence-corrected chi connectivity index (χ4v) is 3.86. The number of hydrogen-bond acceptors (Lipinski definition) is 6. The Bertz CT molecular complexity index is 1250. The zero-order valence-corrected chi connectivity index (χ0v) is 17.4. The van der Waals surface area contributed by atoms with Gasteiger partial charge in [-0.25, -0.2) is 0 Å². The summed E-state index contributed by atoms with van der Waals surface area (Å²) in [6, 6.07) is 20.3. The van der Waals surface area contributed by atoms with Gasteiger partial charge in [-0.1, -0.05) is 18.2 Å². The van der Waals surface area contributed by atoms with Crippen LogP contribution in [0.5, 0.6) is 5.75 Å². The van der Waals surface area contributed by atoms with Gasteiger partial charge in [0.1, 0.15) is 5.75 Å². The van der Waals surface area contributed by atoms with Crippen LogP contribution in [0, 0.1) is 13.8 Å². The van der Waals surface area contributed by atoms with Crippen LogP contribution in [-0.4, -0.2) is 15.2 Å². The summed E-state index contributed by atoms with van der Waals surface area (Å²) in [5.41, 5.74) is 3.87. The molecule has 0 spiro atoms. The highest BCUT2D eigenvalue weighted by Crippen LogP contribution is 2.33. The molecule has 0 bridgehead atoms. The normalized spacial score (nSPS) is 11.3. The Morgan fingerprint density at radius 3 is 2.40 bits per heavy atom. The first-order valence-electron chi connectivity index (χ1n) is 9.39. The lowest BCUT2D eigenvalue weighted by atomic mass is 10.1. The maximum absolute atomic E-state index is 12.8. The Morgan fingerprint density at radius 2 is 1.67 bits per heavy atom. The fourth-order valence-electron chi connectivity index (χ4n) is 3.12. The van der Waals surface area contributed by atoms with E-state index in [0.717, 1.165) is 21.4 Å². The molecule has 0 radical (unpaired) electrons. The van der Waals surface area contributed by atoms with E-state index in [1.54, 1.807) is 30.5 Å². The minimum Gasteiger partial charge on any atom is -0.507 e. The number of carbonyl (C=O) groups excluding carboxylic acids is 1. The molecule has 5 nitrogen and oxygen atoms in total. The second kappa shape index (κ2) is 8.47. The van der Waals surface area contributed by atoms with E-state index < -0.39 is 0 Å². The third-order valence-corrected chi connectivity index (χ3v) is 5.57. The summed E-state index contributed by atoms with van der Waals surface area (Å²) in [6.45, 7) is 3.64. The molecule has 0 aliphatic heterocycles. The molecule has 148 valence electrons. The molecule has 0 unspecified atom stereocenters. The number of phenolic OH excluding ortho intramolecular Hbond substituents is 1. The largest absolute Gasteiger partial charge is 0.507 e. The van der Waals surface area contributed by atoms with E-state index in [1.807, 2.05) is 56.3 Å². The summed E-state index contributed by atoms with van der Waals surface area (Å²) < 4.78 is 0. The van der Waals surface area contributed by atoms with E-state index in [-0.39, 0.29) is 10.9 Å². The zero-order valence-electron chi connectivity index (χ0n) is 16.5. The van der Waals surface area contributed by atoms with E-state index in [9.17, 15) is 9.90 Å². The molecular formula is C24H19N3O2S. The van der Waals surface area contributed by atoms with Crippen molar-refractivity contribution in [1.29, 1.82) is 0 Å². The van der Waals surface area contributed by atoms with Crippen LogP contribution in [-0.2, 0) is 0 Å². The minimum atomic E-state index is -0.0819. The molecule has 30 heavy (non-hydrogen) atoms. The van der Waals surface area contributed by atoms with E-state index in [0.29, 0.717) is 22.5 Å². The standard InChI is InChI=1S/C24H19N3O2S/c1-15-11-18(12-16(2)23(15)28)26-27-22-14-17(13-21-20(22)9-6-10-25-21)24(29)30-19-7-4-3-5-8-19/h3-14,28H,1-2H3. The Balaban J connectivity index is 1.73. The predicted molar refractivity (Wildman–Crippen MR) is 120 cm³/mol. The first kappa shape index (κ1) is 19.8. The molecule has 0 saturated carbocycles. The number of phenols is 1. The van der Waals surface area contributed by atoms with Crippen LogP contribution in [0.15, 0.2) is 88.1 Å². The van der Waals surface area contributed by atoms with Crippen molar-refractivity contribution in [2.24, 2.45) is 10.2 Å². The van der Waals surface area contributed by atoms with E-state index in [4.69, 9.17) is 0 Å². The monoisotopic (exact) mass is 413 g/mol. The van der Waals surface area contributed by atoms with Crippen LogP contribution in [0.2, 0.25) is 0 Å². The molecule has 4 aromatic rings. The summed E-state index contributed by atoms with van der Waals surface area (Å²) in [6.07, 6.45) is 1.69. The fraction of sp³-hybridized carbons (Fsp3) is 0.0833. The first-order valence-corrected chi connectivity index (χ1v) is 10.2. The van der Waals surface area contributed by atoms with Crippen LogP contribution in [0.25, 0.3) is 10.9 Å². The lowest BCUT2D eigenvalue weighted by Crippen LogP contribution is -1.94. The number of nitrogens with zero attached hydrogens (tertiary/aromatic N) is 3. The Labute approximate surface area is 178 Å². The first-order chi connectivity index (χ1) is 14.5. The summed E-state index contributed by atoms with van der Waals surface area (Å²) in [7, 11) is 0. The van der Waals surface area contributed by atoms with Gasteiger partial charge >= 0.3 is 0 Å². The van der Waals surface area contributed by atoms with Crippen LogP contribution >= 0.6 is 11.8 Å². The molecule has 3 aromatic carbocycles. The van der Waals surface area contributed by atoms with Gasteiger partial charge in [0.15, 0.2) is 0 Å². The molecule has 1 heterocycles. The average molecular weight is 414 g/mol. The third-order valence-electron chi connectivity index (χ3n) is 4.64. The number of pyridine rings is 1. The summed E-state index contributed by atoms with van der Waals surface area (Å²) in [5, 5.41) is 19.4. The molecule has 6 heteroatoms. The van der Waals surface area contributed by atoms with Gasteiger partial charge in [-0.2, -0.15) is 5.11 Å². The number of benzene rings is 3. The van der Waals surface area contributed by atoms with Gasteiger partial charge < -0.3 is 5.11 Å². The number of rotatable bonds is 4. The van der Waals surface area contributed by atoms with Crippen molar-refractivity contribution in [3.05, 3.63) is 89.6 Å². The van der Waals surface area contributed by atoms with Gasteiger partial charge in [-0.15, -0.1) is 5.11 Å². The van der Waals surface area contributed by atoms with E-state index in [1.165, 1.54) is 11.8 Å². The minimum absolute atomic E-state index is 0.0819. The molecule has 1 N–H and O–H groups in total. The molecule has 0 aliphatic carbocycles. The van der Waals surface area contributed by atoms with E-state index in [2.05, 4.69) is 15.2 Å². The summed E-state index contributed by atoms with van der Waals surface area (Å²) in [5.74, 6) is 0.258. The van der Waals surface area contributed by atoms with Crippen molar-refractivity contribution in [2.75, 3.05) is 0 Å². The van der Waals surface area contributed by atoms with Crippen LogP contribution < -0.4 is 0 Å². The van der Waals surface area contributed by atoms with Gasteiger partial charge in [-0.05, 0) is 85.3 Å². The lowest BCUT2D eigenvalue weighted by molar-refractivity contribution is 0.108. The quantitative estimate of drug-likeness (QED) is 0.291. The Morgan fingerprint density at radius 1 is 0.933 bits per heavy atom. The highest BCUT2D eigenvalue weighted by molar-refractivity contribution is 8.14. The lowest BCUT2D eigenvalue weighted by Gasteiger charge is -2.06. The molecule has 0 aliphatic rings. The number of thioether (sulfide) groups is 1. The number of fused-ring (bicyclic) bond motifs is 1. The van der Waals surface area contributed by atoms with Crippen molar-refractivity contribution >= 4 is 39.2 Å². The molecule has 0 atom stereocenters. The smallest absolute Gasteiger partial charge is 0.224 e. The molecule has 4 rings (SSSR count). The van der Waals surface area contributed by atoms with Crippen LogP contribution in [0.4, 0.5) is 11.4 Å². The van der Waals surface area contributed by atoms with Gasteiger partial charge in [0, 0.05) is 22.0 Å². The van der Waals surface area contributed by atoms with Gasteiger partial charge in [0.25, 0.3) is 0 Å². The average Bonchev–Trinajstić information content (AvgIpc) is 2.76. The zero-order chi connectivity index (χ0) is 21.1. The SMILES string of the molecule is Cc1cc(N=Nc2cc(C(=O)Sc3ccccc3)cc3ncccc23)cc(C)c1O. The highest BCUT2D eigenvalue weighted by Gasteiger charge is 2.13. The number of aromatic hydroxyl groups is 1. The highest BCUT2D eigenvalue weighted by atomic mass is 32.2. The maximum Gasteiger partial charge on any atom is 0.224 e. The van der Waals surface area contributed by atoms with E-state index >= 15 is 0 Å². The number of aryl methyl sites for hydroxylation is 2. The maximum atomic E-state index is 12.8. The molecule has 0 saturated heterocycles. The molecule has 1 aromatic heterocycles. The van der Waals surface area contributed by atoms with Gasteiger partial charge in [-0.3, -0.25) is 9.78 Å². The Kier molecular flexibility index (Phi) is 5.59. The number of azo groups is 1. The third kappa shape index (κ3) is 4.23. The number of carbonyl (C=O) groups is 1. The Hall–Kier alpha value is -3.51. The van der Waals surface area contributed by atoms with Crippen molar-refractivity contribution in [1.82, 2.24) is 4.98 Å². The van der Waals surface area contributed by atoms with Crippen molar-refractivity contribution in [3.63, 3.8) is 0 Å². The predicted octanol–water partition coefficient (Wildman–Crippen LogP) is 6.91. The number of hydrogen-bond donors (Lipinski definition) is 1. The molecule has 0 amide bonds. The number of aromatic nitrogens is 1. The van der Waals surface area contributed by atoms with Gasteiger partial charge in [0.2, 0.25) is 5.12 Å².